The highest BCUT2D eigenvalue weighted by molar-refractivity contribution is 7.91. The van der Waals surface area contributed by atoms with Crippen LogP contribution in [0, 0.1) is 11.8 Å². The molecule has 0 aliphatic heterocycles. The summed E-state index contributed by atoms with van der Waals surface area (Å²) in [5, 5.41) is 3.42. The van der Waals surface area contributed by atoms with Gasteiger partial charge in [-0.2, -0.15) is 0 Å². The van der Waals surface area contributed by atoms with Gasteiger partial charge in [0, 0.05) is 6.04 Å². The van der Waals surface area contributed by atoms with Gasteiger partial charge in [0.2, 0.25) is 0 Å². The molecule has 1 aliphatic carbocycles. The normalized spacial score (nSPS) is 21.2. The van der Waals surface area contributed by atoms with Crippen molar-refractivity contribution in [1.29, 1.82) is 0 Å². The molecular weight excluding hydrogens is 258 g/mol. The summed E-state index contributed by atoms with van der Waals surface area (Å²) >= 11 is 0. The van der Waals surface area contributed by atoms with Crippen LogP contribution in [0.3, 0.4) is 0 Å². The lowest BCUT2D eigenvalue weighted by Gasteiger charge is -2.31. The van der Waals surface area contributed by atoms with Crippen molar-refractivity contribution >= 4 is 9.84 Å². The van der Waals surface area contributed by atoms with Gasteiger partial charge in [0.25, 0.3) is 0 Å². The van der Waals surface area contributed by atoms with Gasteiger partial charge in [-0.1, -0.05) is 46.5 Å². The van der Waals surface area contributed by atoms with Crippen molar-refractivity contribution in [2.24, 2.45) is 11.8 Å². The second-order valence-electron chi connectivity index (χ2n) is 6.15. The summed E-state index contributed by atoms with van der Waals surface area (Å²) in [7, 11) is -2.93. The monoisotopic (exact) mass is 289 g/mol. The van der Waals surface area contributed by atoms with Crippen molar-refractivity contribution in [3.8, 4) is 0 Å². The van der Waals surface area contributed by atoms with E-state index in [0.717, 1.165) is 13.0 Å². The molecule has 114 valence electrons. The molecule has 0 aromatic rings. The maximum atomic E-state index is 12.3. The Balaban J connectivity index is 2.60. The van der Waals surface area contributed by atoms with Crippen molar-refractivity contribution in [3.05, 3.63) is 0 Å². The summed E-state index contributed by atoms with van der Waals surface area (Å²) in [5.74, 6) is 1.51. The smallest absolute Gasteiger partial charge is 0.152 e. The number of hydrogen-bond acceptors (Lipinski definition) is 3. The third kappa shape index (κ3) is 6.26. The molecule has 0 aromatic heterocycles. The average Bonchev–Trinajstić information content (AvgIpc) is 2.38. The molecule has 2 unspecified atom stereocenters. The van der Waals surface area contributed by atoms with Crippen molar-refractivity contribution in [2.75, 3.05) is 18.1 Å². The molecule has 0 amide bonds. The predicted octanol–water partition coefficient (Wildman–Crippen LogP) is 3.01. The minimum Gasteiger partial charge on any atom is -0.313 e. The largest absolute Gasteiger partial charge is 0.313 e. The minimum absolute atomic E-state index is 0.166. The Hall–Kier alpha value is -0.0900. The van der Waals surface area contributed by atoms with Crippen LogP contribution in [0.1, 0.15) is 59.3 Å². The molecule has 1 saturated carbocycles. The summed E-state index contributed by atoms with van der Waals surface area (Å²) in [4.78, 5) is 0. The quantitative estimate of drug-likeness (QED) is 0.747. The third-order valence-electron chi connectivity index (χ3n) is 4.35. The summed E-state index contributed by atoms with van der Waals surface area (Å²) in [6.07, 6.45) is 7.16. The average molecular weight is 289 g/mol. The first kappa shape index (κ1) is 17.0. The first-order chi connectivity index (χ1) is 8.98. The molecule has 3 nitrogen and oxygen atoms in total. The van der Waals surface area contributed by atoms with E-state index in [1.807, 2.05) is 6.92 Å². The van der Waals surface area contributed by atoms with Crippen LogP contribution in [0.15, 0.2) is 0 Å². The van der Waals surface area contributed by atoms with Crippen LogP contribution in [0.4, 0.5) is 0 Å². The van der Waals surface area contributed by atoms with Crippen LogP contribution < -0.4 is 5.32 Å². The van der Waals surface area contributed by atoms with E-state index in [0.29, 0.717) is 17.4 Å². The molecule has 0 spiro atoms. The van der Waals surface area contributed by atoms with Gasteiger partial charge in [-0.25, -0.2) is 8.42 Å². The SMILES string of the molecule is CCNC(CS(=O)(=O)CC(C)CC)C1CCCCC1. The summed E-state index contributed by atoms with van der Waals surface area (Å²) in [6, 6.07) is 0.166. The Morgan fingerprint density at radius 3 is 2.26 bits per heavy atom. The molecule has 1 N–H and O–H groups in total. The van der Waals surface area contributed by atoms with Crippen LogP contribution in [0.2, 0.25) is 0 Å². The molecule has 0 radical (unpaired) electrons. The first-order valence-electron chi connectivity index (χ1n) is 7.92. The molecule has 0 saturated heterocycles. The summed E-state index contributed by atoms with van der Waals surface area (Å²) in [6.45, 7) is 7.01. The maximum absolute atomic E-state index is 12.3. The number of sulfone groups is 1. The fraction of sp³-hybridized carbons (Fsp3) is 1.00. The van der Waals surface area contributed by atoms with E-state index < -0.39 is 9.84 Å². The second-order valence-corrected chi connectivity index (χ2v) is 8.31. The lowest BCUT2D eigenvalue weighted by molar-refractivity contribution is 0.285. The van der Waals surface area contributed by atoms with E-state index >= 15 is 0 Å². The number of hydrogen-bond donors (Lipinski definition) is 1. The molecule has 19 heavy (non-hydrogen) atoms. The predicted molar refractivity (Wildman–Crippen MR) is 82.1 cm³/mol. The second kappa shape index (κ2) is 8.25. The summed E-state index contributed by atoms with van der Waals surface area (Å²) < 4.78 is 24.6. The van der Waals surface area contributed by atoms with Gasteiger partial charge >= 0.3 is 0 Å². The Kier molecular flexibility index (Phi) is 7.37. The lowest BCUT2D eigenvalue weighted by atomic mass is 9.84. The van der Waals surface area contributed by atoms with Gasteiger partial charge in [-0.15, -0.1) is 0 Å². The topological polar surface area (TPSA) is 46.2 Å². The first-order valence-corrected chi connectivity index (χ1v) is 9.74. The van der Waals surface area contributed by atoms with E-state index in [2.05, 4.69) is 19.2 Å². The highest BCUT2D eigenvalue weighted by Gasteiger charge is 2.28. The van der Waals surface area contributed by atoms with E-state index in [1.165, 1.54) is 32.1 Å². The Morgan fingerprint density at radius 2 is 1.74 bits per heavy atom. The van der Waals surface area contributed by atoms with Gasteiger partial charge in [-0.3, -0.25) is 0 Å². The zero-order valence-corrected chi connectivity index (χ0v) is 13.6. The molecule has 0 heterocycles. The number of nitrogens with one attached hydrogen (secondary N) is 1. The fourth-order valence-electron chi connectivity index (χ4n) is 3.05. The van der Waals surface area contributed by atoms with Crippen molar-refractivity contribution in [3.63, 3.8) is 0 Å². The zero-order valence-electron chi connectivity index (χ0n) is 12.8. The van der Waals surface area contributed by atoms with Crippen molar-refractivity contribution in [2.45, 2.75) is 65.3 Å². The maximum Gasteiger partial charge on any atom is 0.152 e. The van der Waals surface area contributed by atoms with E-state index in [1.54, 1.807) is 0 Å². The van der Waals surface area contributed by atoms with Gasteiger partial charge in [0.1, 0.15) is 0 Å². The lowest BCUT2D eigenvalue weighted by Crippen LogP contribution is -2.43. The van der Waals surface area contributed by atoms with Gasteiger partial charge in [0.15, 0.2) is 9.84 Å². The highest BCUT2D eigenvalue weighted by atomic mass is 32.2. The van der Waals surface area contributed by atoms with Gasteiger partial charge < -0.3 is 5.32 Å². The van der Waals surface area contributed by atoms with Crippen molar-refractivity contribution < 1.29 is 8.42 Å². The summed E-state index contributed by atoms with van der Waals surface area (Å²) in [5.41, 5.74) is 0. The fourth-order valence-corrected chi connectivity index (χ4v) is 5.23. The number of rotatable bonds is 8. The van der Waals surface area contributed by atoms with Crippen molar-refractivity contribution in [1.82, 2.24) is 5.32 Å². The minimum atomic E-state index is -2.93. The Morgan fingerprint density at radius 1 is 1.11 bits per heavy atom. The zero-order chi connectivity index (χ0) is 14.3. The molecule has 1 aliphatic rings. The van der Waals surface area contributed by atoms with E-state index in [-0.39, 0.29) is 12.0 Å². The molecule has 0 bridgehead atoms. The van der Waals surface area contributed by atoms with Crippen LogP contribution in [-0.2, 0) is 9.84 Å². The van der Waals surface area contributed by atoms with Crippen LogP contribution in [-0.4, -0.2) is 32.5 Å². The molecular formula is C15H31NO2S. The van der Waals surface area contributed by atoms with Crippen LogP contribution in [0.5, 0.6) is 0 Å². The third-order valence-corrected chi connectivity index (χ3v) is 6.30. The van der Waals surface area contributed by atoms with Gasteiger partial charge in [-0.05, 0) is 31.2 Å². The molecule has 4 heteroatoms. The highest BCUT2D eigenvalue weighted by Crippen LogP contribution is 2.27. The van der Waals surface area contributed by atoms with Gasteiger partial charge in [0.05, 0.1) is 11.5 Å². The van der Waals surface area contributed by atoms with E-state index in [9.17, 15) is 8.42 Å². The molecule has 1 rings (SSSR count). The molecule has 1 fully saturated rings. The molecule has 0 aromatic carbocycles. The standard InChI is InChI=1S/C15H31NO2S/c1-4-13(3)11-19(17,18)12-15(16-5-2)14-9-7-6-8-10-14/h13-16H,4-12H2,1-3H3. The van der Waals surface area contributed by atoms with E-state index in [4.69, 9.17) is 0 Å². The van der Waals surface area contributed by atoms with Crippen LogP contribution in [0.25, 0.3) is 0 Å². The molecule has 2 atom stereocenters. The van der Waals surface area contributed by atoms with Crippen LogP contribution >= 0.6 is 0 Å². The Bertz CT molecular complexity index is 334. The Labute approximate surface area is 119 Å².